The van der Waals surface area contributed by atoms with Crippen molar-refractivity contribution in [2.45, 2.75) is 5.38 Å². The van der Waals surface area contributed by atoms with E-state index in [1.165, 1.54) is 0 Å². The summed E-state index contributed by atoms with van der Waals surface area (Å²) in [7, 11) is 3.21. The van der Waals surface area contributed by atoms with E-state index in [1.54, 1.807) is 14.2 Å². The molecule has 0 N–H and O–H groups in total. The molecule has 1 atom stereocenters. The maximum absolute atomic E-state index is 6.55. The summed E-state index contributed by atoms with van der Waals surface area (Å²) in [6.45, 7) is 0. The molecule has 0 bridgehead atoms. The number of hydrogen-bond acceptors (Lipinski definition) is 2. The Kier molecular flexibility index (Phi) is 5.19. The first-order valence-electron chi connectivity index (χ1n) is 5.88. The molecule has 0 radical (unpaired) electrons. The van der Waals surface area contributed by atoms with E-state index in [0.29, 0.717) is 16.5 Å². The summed E-state index contributed by atoms with van der Waals surface area (Å²) in [5.41, 5.74) is 1.76. The maximum Gasteiger partial charge on any atom is 0.141 e. The van der Waals surface area contributed by atoms with E-state index in [1.807, 2.05) is 36.4 Å². The molecule has 0 saturated heterocycles. The summed E-state index contributed by atoms with van der Waals surface area (Å²) >= 11 is 16.0. The van der Waals surface area contributed by atoms with Crippen molar-refractivity contribution < 1.29 is 9.47 Å². The van der Waals surface area contributed by atoms with Gasteiger partial charge in [0.15, 0.2) is 0 Å². The summed E-state index contributed by atoms with van der Waals surface area (Å²) in [5.74, 6) is 1.35. The second kappa shape index (κ2) is 6.70. The van der Waals surface area contributed by atoms with Gasteiger partial charge in [0.2, 0.25) is 0 Å². The zero-order chi connectivity index (χ0) is 14.7. The quantitative estimate of drug-likeness (QED) is 0.661. The Balaban J connectivity index is 2.49. The standard InChI is InChI=1S/C15H13BrCl2O2/c1-19-12-7-6-11(15(20-2)13(12)16)14(18)9-4-3-5-10(17)8-9/h3-8,14H,1-2H3. The second-order valence-corrected chi connectivity index (χ2v) is 5.79. The molecule has 0 saturated carbocycles. The van der Waals surface area contributed by atoms with Crippen molar-refractivity contribution in [2.75, 3.05) is 14.2 Å². The van der Waals surface area contributed by atoms with Gasteiger partial charge in [0, 0.05) is 10.6 Å². The molecule has 0 spiro atoms. The van der Waals surface area contributed by atoms with E-state index in [9.17, 15) is 0 Å². The first-order chi connectivity index (χ1) is 9.58. The average Bonchev–Trinajstić information content (AvgIpc) is 2.46. The molecular weight excluding hydrogens is 363 g/mol. The van der Waals surface area contributed by atoms with Gasteiger partial charge in [-0.2, -0.15) is 0 Å². The molecule has 0 heterocycles. The highest BCUT2D eigenvalue weighted by Crippen LogP contribution is 2.43. The molecule has 0 fully saturated rings. The van der Waals surface area contributed by atoms with Gasteiger partial charge in [-0.05, 0) is 45.8 Å². The van der Waals surface area contributed by atoms with Crippen molar-refractivity contribution in [3.63, 3.8) is 0 Å². The molecule has 20 heavy (non-hydrogen) atoms. The van der Waals surface area contributed by atoms with Crippen LogP contribution in [0.2, 0.25) is 5.02 Å². The highest BCUT2D eigenvalue weighted by molar-refractivity contribution is 9.10. The van der Waals surface area contributed by atoms with E-state index in [-0.39, 0.29) is 5.38 Å². The third-order valence-electron chi connectivity index (χ3n) is 2.93. The molecule has 5 heteroatoms. The number of rotatable bonds is 4. The molecule has 106 valence electrons. The average molecular weight is 376 g/mol. The van der Waals surface area contributed by atoms with E-state index < -0.39 is 0 Å². The number of benzene rings is 2. The van der Waals surface area contributed by atoms with Crippen molar-refractivity contribution in [2.24, 2.45) is 0 Å². The molecule has 0 amide bonds. The summed E-state index contributed by atoms with van der Waals surface area (Å²) in [4.78, 5) is 0. The van der Waals surface area contributed by atoms with Gasteiger partial charge in [0.05, 0.1) is 19.6 Å². The van der Waals surface area contributed by atoms with Gasteiger partial charge < -0.3 is 9.47 Å². The smallest absolute Gasteiger partial charge is 0.141 e. The van der Waals surface area contributed by atoms with Crippen LogP contribution in [-0.2, 0) is 0 Å². The van der Waals surface area contributed by atoms with Crippen LogP contribution in [0.3, 0.4) is 0 Å². The second-order valence-electron chi connectivity index (χ2n) is 4.12. The Morgan fingerprint density at radius 3 is 2.45 bits per heavy atom. The normalized spacial score (nSPS) is 12.1. The third kappa shape index (κ3) is 3.05. The van der Waals surface area contributed by atoms with Crippen LogP contribution in [0.15, 0.2) is 40.9 Å². The molecule has 0 aliphatic heterocycles. The molecule has 1 unspecified atom stereocenters. The fraction of sp³-hybridized carbons (Fsp3) is 0.200. The predicted octanol–water partition coefficient (Wildman–Crippen LogP) is 5.45. The van der Waals surface area contributed by atoms with Crippen molar-refractivity contribution >= 4 is 39.1 Å². The first kappa shape index (κ1) is 15.5. The largest absolute Gasteiger partial charge is 0.495 e. The Labute approximate surface area is 136 Å². The highest BCUT2D eigenvalue weighted by Gasteiger charge is 2.20. The third-order valence-corrected chi connectivity index (χ3v) is 4.40. The molecular formula is C15H13BrCl2O2. The molecule has 2 rings (SSSR count). The van der Waals surface area contributed by atoms with Crippen LogP contribution in [0.4, 0.5) is 0 Å². The van der Waals surface area contributed by atoms with Gasteiger partial charge in [-0.1, -0.05) is 23.7 Å². The Morgan fingerprint density at radius 1 is 1.10 bits per heavy atom. The van der Waals surface area contributed by atoms with Crippen LogP contribution in [0, 0.1) is 0 Å². The molecule has 2 nitrogen and oxygen atoms in total. The van der Waals surface area contributed by atoms with Crippen LogP contribution in [0.1, 0.15) is 16.5 Å². The predicted molar refractivity (Wildman–Crippen MR) is 86.4 cm³/mol. The minimum absolute atomic E-state index is 0.356. The summed E-state index contributed by atoms with van der Waals surface area (Å²) in [6, 6.07) is 11.2. The SMILES string of the molecule is COc1ccc(C(Cl)c2cccc(Cl)c2)c(OC)c1Br. The van der Waals surface area contributed by atoms with E-state index in [0.717, 1.165) is 15.6 Å². The lowest BCUT2D eigenvalue weighted by Gasteiger charge is -2.17. The van der Waals surface area contributed by atoms with Crippen molar-refractivity contribution in [3.8, 4) is 11.5 Å². The molecule has 2 aromatic rings. The highest BCUT2D eigenvalue weighted by atomic mass is 79.9. The summed E-state index contributed by atoms with van der Waals surface area (Å²) in [5, 5.41) is 0.297. The van der Waals surface area contributed by atoms with Crippen molar-refractivity contribution in [1.82, 2.24) is 0 Å². The lowest BCUT2D eigenvalue weighted by Crippen LogP contribution is -1.99. The number of methoxy groups -OCH3 is 2. The van der Waals surface area contributed by atoms with E-state index in [4.69, 9.17) is 32.7 Å². The topological polar surface area (TPSA) is 18.5 Å². The number of alkyl halides is 1. The lowest BCUT2D eigenvalue weighted by molar-refractivity contribution is 0.386. The fourth-order valence-corrected chi connectivity index (χ4v) is 3.15. The van der Waals surface area contributed by atoms with Gasteiger partial charge >= 0.3 is 0 Å². The van der Waals surface area contributed by atoms with Gasteiger partial charge in [0.1, 0.15) is 16.0 Å². The number of halogens is 3. The van der Waals surface area contributed by atoms with E-state index in [2.05, 4.69) is 15.9 Å². The van der Waals surface area contributed by atoms with Gasteiger partial charge in [-0.15, -0.1) is 11.6 Å². The van der Waals surface area contributed by atoms with E-state index >= 15 is 0 Å². The zero-order valence-electron chi connectivity index (χ0n) is 11.0. The van der Waals surface area contributed by atoms with Crippen LogP contribution in [0.5, 0.6) is 11.5 Å². The van der Waals surface area contributed by atoms with Gasteiger partial charge in [-0.3, -0.25) is 0 Å². The van der Waals surface area contributed by atoms with Gasteiger partial charge in [-0.25, -0.2) is 0 Å². The number of ether oxygens (including phenoxy) is 2. The Morgan fingerprint density at radius 2 is 1.85 bits per heavy atom. The van der Waals surface area contributed by atoms with Crippen LogP contribution < -0.4 is 9.47 Å². The molecule has 2 aromatic carbocycles. The fourth-order valence-electron chi connectivity index (χ4n) is 1.96. The zero-order valence-corrected chi connectivity index (χ0v) is 14.1. The minimum Gasteiger partial charge on any atom is -0.495 e. The lowest BCUT2D eigenvalue weighted by atomic mass is 10.0. The molecule has 0 aliphatic carbocycles. The number of hydrogen-bond donors (Lipinski definition) is 0. The van der Waals surface area contributed by atoms with Gasteiger partial charge in [0.25, 0.3) is 0 Å². The van der Waals surface area contributed by atoms with Crippen molar-refractivity contribution in [3.05, 3.63) is 57.0 Å². The molecule has 0 aliphatic rings. The first-order valence-corrected chi connectivity index (χ1v) is 7.49. The van der Waals surface area contributed by atoms with Crippen LogP contribution in [-0.4, -0.2) is 14.2 Å². The minimum atomic E-state index is -0.356. The van der Waals surface area contributed by atoms with Crippen molar-refractivity contribution in [1.29, 1.82) is 0 Å². The van der Waals surface area contributed by atoms with Crippen LogP contribution >= 0.6 is 39.1 Å². The summed E-state index contributed by atoms with van der Waals surface area (Å²) < 4.78 is 11.4. The monoisotopic (exact) mass is 374 g/mol. The molecule has 0 aromatic heterocycles. The Hall–Kier alpha value is -0.900. The summed E-state index contributed by atoms with van der Waals surface area (Å²) in [6.07, 6.45) is 0. The van der Waals surface area contributed by atoms with Crippen LogP contribution in [0.25, 0.3) is 0 Å². The Bertz CT molecular complexity index is 617. The maximum atomic E-state index is 6.55.